The zero-order chi connectivity index (χ0) is 7.56. The van der Waals surface area contributed by atoms with Gasteiger partial charge in [0.1, 0.15) is 0 Å². The van der Waals surface area contributed by atoms with Gasteiger partial charge in [-0.2, -0.15) is 0 Å². The molecule has 1 aromatic rings. The minimum atomic E-state index is -2.43. The first-order chi connectivity index (χ1) is 4.70. The van der Waals surface area contributed by atoms with Crippen molar-refractivity contribution in [3.63, 3.8) is 0 Å². The summed E-state index contributed by atoms with van der Waals surface area (Å²) in [6, 6.07) is 6.71. The Morgan fingerprint density at radius 1 is 1.08 bits per heavy atom. The first-order valence-corrected chi connectivity index (χ1v) is 4.45. The average molecular weight is 246 g/mol. The van der Waals surface area contributed by atoms with E-state index in [2.05, 4.69) is 9.24 Å². The molecule has 0 spiro atoms. The first kappa shape index (κ1) is 20.9. The second kappa shape index (κ2) is 11.1. The molecule has 0 amide bonds. The Morgan fingerprint density at radius 3 is 1.92 bits per heavy atom. The van der Waals surface area contributed by atoms with Crippen molar-refractivity contribution < 1.29 is 8.42 Å². The summed E-state index contributed by atoms with van der Waals surface area (Å²) >= 11 is 0. The van der Waals surface area contributed by atoms with Gasteiger partial charge in [0, 0.05) is 0 Å². The second-order valence-electron chi connectivity index (χ2n) is 1.85. The number of hydrogen-bond donors (Lipinski definition) is 1. The maximum atomic E-state index is 10.4. The van der Waals surface area contributed by atoms with E-state index >= 15 is 0 Å². The van der Waals surface area contributed by atoms with Gasteiger partial charge in [-0.25, -0.2) is 8.42 Å². The molecule has 1 rings (SSSR count). The third kappa shape index (κ3) is 8.41. The van der Waals surface area contributed by atoms with E-state index in [4.69, 9.17) is 0 Å². The van der Waals surface area contributed by atoms with E-state index in [-0.39, 0.29) is 88.7 Å². The van der Waals surface area contributed by atoms with Gasteiger partial charge >= 0.3 is 88.7 Å². The third-order valence-electron chi connectivity index (χ3n) is 1.08. The molecule has 1 aromatic carbocycles. The molecule has 0 aliphatic heterocycles. The first-order valence-electron chi connectivity index (χ1n) is 2.70. The van der Waals surface area contributed by atoms with Crippen molar-refractivity contribution in [1.29, 1.82) is 0 Å². The van der Waals surface area contributed by atoms with Gasteiger partial charge in [0.2, 0.25) is 0 Å². The molecule has 0 aliphatic carbocycles. The number of benzene rings is 1. The fourth-order valence-corrected chi connectivity index (χ4v) is 1.53. The average Bonchev–Trinajstić information content (AvgIpc) is 1.88. The summed E-state index contributed by atoms with van der Waals surface area (Å²) in [5, 5.41) is 0.886. The molecule has 1 unspecified atom stereocenters. The summed E-state index contributed by atoms with van der Waals surface area (Å²) in [5.74, 6) is 0. The predicted molar refractivity (Wildman–Crippen MR) is 65.8 cm³/mol. The Labute approximate surface area is 149 Å². The molecule has 2 nitrogen and oxygen atoms in total. The van der Waals surface area contributed by atoms with Gasteiger partial charge in [-0.05, 0) is 17.4 Å². The molecule has 13 heavy (non-hydrogen) atoms. The van der Waals surface area contributed by atoms with Crippen LogP contribution in [0.25, 0.3) is 0 Å². The van der Waals surface area contributed by atoms with Crippen molar-refractivity contribution in [3.05, 3.63) is 24.3 Å². The second-order valence-corrected chi connectivity index (χ2v) is 3.55. The molecule has 0 aliphatic rings. The van der Waals surface area contributed by atoms with Gasteiger partial charge in [-0.15, -0.1) is 9.24 Å². The molecule has 1 atom stereocenters. The van der Waals surface area contributed by atoms with E-state index in [1.54, 1.807) is 18.2 Å². The molecular formula is C6H10Na3O2PS. The van der Waals surface area contributed by atoms with Crippen LogP contribution < -0.4 is 5.30 Å². The summed E-state index contributed by atoms with van der Waals surface area (Å²) in [7, 11) is 0.0159. The molecule has 0 bridgehead atoms. The van der Waals surface area contributed by atoms with Crippen LogP contribution in [0.1, 0.15) is 0 Å². The summed E-state index contributed by atoms with van der Waals surface area (Å²) in [6.07, 6.45) is 0. The van der Waals surface area contributed by atoms with Crippen molar-refractivity contribution in [2.24, 2.45) is 0 Å². The van der Waals surface area contributed by atoms with Crippen LogP contribution in [-0.2, 0) is 10.7 Å². The Hall–Kier alpha value is 2.60. The van der Waals surface area contributed by atoms with Crippen molar-refractivity contribution in [2.75, 3.05) is 0 Å². The molecule has 0 N–H and O–H groups in total. The van der Waals surface area contributed by atoms with Crippen LogP contribution in [0.15, 0.2) is 29.2 Å². The molecular weight excluding hydrogens is 236 g/mol. The van der Waals surface area contributed by atoms with E-state index in [0.29, 0.717) is 4.90 Å². The topological polar surface area (TPSA) is 34.1 Å². The molecule has 0 heterocycles. The van der Waals surface area contributed by atoms with Crippen LogP contribution in [-0.4, -0.2) is 97.1 Å². The van der Waals surface area contributed by atoms with E-state index in [9.17, 15) is 8.42 Å². The summed E-state index contributed by atoms with van der Waals surface area (Å²) in [5.41, 5.74) is 0. The van der Waals surface area contributed by atoms with E-state index in [1.807, 2.05) is 6.07 Å². The van der Waals surface area contributed by atoms with Crippen LogP contribution in [0.5, 0.6) is 0 Å². The molecule has 60 valence electrons. The summed E-state index contributed by atoms with van der Waals surface area (Å²) < 4.78 is 20.8. The van der Waals surface area contributed by atoms with Gasteiger partial charge in [0.25, 0.3) is 0 Å². The van der Waals surface area contributed by atoms with Crippen molar-refractivity contribution in [3.8, 4) is 0 Å². The fourth-order valence-electron chi connectivity index (χ4n) is 0.638. The number of hydrogen-bond acceptors (Lipinski definition) is 2. The number of rotatable bonds is 1. The predicted octanol–water partition coefficient (Wildman–Crippen LogP) is -1.79. The van der Waals surface area contributed by atoms with Crippen LogP contribution in [0, 0.1) is 0 Å². The zero-order valence-corrected chi connectivity index (χ0v) is 7.20. The monoisotopic (exact) mass is 246 g/mol. The molecule has 0 saturated carbocycles. The zero-order valence-electron chi connectivity index (χ0n) is 5.15. The standard InChI is InChI=1S/C6H7O2PS.3Na.3H/c7-10(8)6-3-1-2-5(9)4-6;;;;;;/h1-4,10H,9H2;;;;;;. The molecule has 0 aromatic heterocycles. The molecule has 0 radical (unpaired) electrons. The normalized spacial score (nSPS) is 7.85. The van der Waals surface area contributed by atoms with Crippen LogP contribution >= 0.6 is 9.24 Å². The van der Waals surface area contributed by atoms with Gasteiger partial charge in [-0.1, -0.05) is 12.1 Å². The minimum absolute atomic E-state index is 0. The Morgan fingerprint density at radius 2 is 1.62 bits per heavy atom. The Kier molecular flexibility index (Phi) is 17.9. The quantitative estimate of drug-likeness (QED) is 0.361. The van der Waals surface area contributed by atoms with Gasteiger partial charge in [0.15, 0.2) is 10.7 Å². The van der Waals surface area contributed by atoms with E-state index in [0.717, 1.165) is 5.30 Å². The molecule has 0 fully saturated rings. The van der Waals surface area contributed by atoms with Crippen LogP contribution in [0.4, 0.5) is 0 Å². The van der Waals surface area contributed by atoms with E-state index in [1.165, 1.54) is 0 Å². The third-order valence-corrected chi connectivity index (χ3v) is 2.14. The SMILES string of the molecule is O=[SH](=O)c1cccc(P)c1.[NaH].[NaH].[NaH]. The molecule has 7 heteroatoms. The van der Waals surface area contributed by atoms with Crippen LogP contribution in [0.2, 0.25) is 0 Å². The van der Waals surface area contributed by atoms with Gasteiger partial charge in [-0.3, -0.25) is 0 Å². The van der Waals surface area contributed by atoms with Crippen molar-refractivity contribution in [1.82, 2.24) is 0 Å². The van der Waals surface area contributed by atoms with Crippen molar-refractivity contribution >= 4 is 114 Å². The van der Waals surface area contributed by atoms with Gasteiger partial charge < -0.3 is 0 Å². The van der Waals surface area contributed by atoms with Gasteiger partial charge in [0.05, 0.1) is 4.90 Å². The van der Waals surface area contributed by atoms with Crippen molar-refractivity contribution in [2.45, 2.75) is 4.90 Å². The van der Waals surface area contributed by atoms with E-state index < -0.39 is 10.7 Å². The Balaban J connectivity index is -0.000000333. The van der Waals surface area contributed by atoms with Crippen LogP contribution in [0.3, 0.4) is 0 Å². The maximum absolute atomic E-state index is 10.4. The number of thiol groups is 1. The Bertz CT molecular complexity index is 309. The fraction of sp³-hybridized carbons (Fsp3) is 0. The summed E-state index contributed by atoms with van der Waals surface area (Å²) in [4.78, 5) is 0.363. The summed E-state index contributed by atoms with van der Waals surface area (Å²) in [6.45, 7) is 0. The molecule has 0 saturated heterocycles.